The molecule has 0 heterocycles. The minimum Gasteiger partial charge on any atom is -0.484 e. The van der Waals surface area contributed by atoms with Crippen LogP contribution in [0, 0.1) is 0 Å². The van der Waals surface area contributed by atoms with Crippen molar-refractivity contribution in [3.8, 4) is 5.75 Å². The number of rotatable bonds is 8. The highest BCUT2D eigenvalue weighted by Gasteiger charge is 2.25. The van der Waals surface area contributed by atoms with Gasteiger partial charge in [0.15, 0.2) is 6.61 Å². The number of carboxylic acid groups (broad SMARTS) is 1. The van der Waals surface area contributed by atoms with Crippen molar-refractivity contribution < 1.29 is 24.2 Å². The van der Waals surface area contributed by atoms with Crippen molar-refractivity contribution in [1.82, 2.24) is 10.2 Å². The maximum absolute atomic E-state index is 12.2. The number of amides is 2. The first kappa shape index (κ1) is 19.0. The Labute approximate surface area is 142 Å². The van der Waals surface area contributed by atoms with Crippen LogP contribution in [0.1, 0.15) is 13.8 Å². The molecule has 1 aromatic rings. The van der Waals surface area contributed by atoms with Gasteiger partial charge in [0.2, 0.25) is 5.91 Å². The predicted octanol–water partition coefficient (Wildman–Crippen LogP) is 1.27. The number of carbonyl (C=O) groups is 3. The van der Waals surface area contributed by atoms with Gasteiger partial charge in [-0.05, 0) is 25.1 Å². The molecule has 1 atom stereocenters. The van der Waals surface area contributed by atoms with Crippen molar-refractivity contribution in [2.24, 2.45) is 0 Å². The van der Waals surface area contributed by atoms with Crippen LogP contribution in [0.25, 0.3) is 0 Å². The Hall–Kier alpha value is -2.09. The average molecular weight is 387 g/mol. The molecule has 0 saturated heterocycles. The van der Waals surface area contributed by atoms with Gasteiger partial charge in [0.1, 0.15) is 11.8 Å². The first-order valence-corrected chi connectivity index (χ1v) is 7.75. The molecule has 0 aromatic heterocycles. The lowest BCUT2D eigenvalue weighted by Gasteiger charge is -2.26. The number of nitrogens with one attached hydrogen (secondary N) is 1. The van der Waals surface area contributed by atoms with Gasteiger partial charge >= 0.3 is 5.97 Å². The molecular formula is C15H19BrN2O5. The van der Waals surface area contributed by atoms with Crippen molar-refractivity contribution in [3.63, 3.8) is 0 Å². The summed E-state index contributed by atoms with van der Waals surface area (Å²) in [6.07, 6.45) is 0. The third-order valence-electron chi connectivity index (χ3n) is 3.03. The average Bonchev–Trinajstić information content (AvgIpc) is 2.48. The third-order valence-corrected chi connectivity index (χ3v) is 3.52. The molecule has 23 heavy (non-hydrogen) atoms. The van der Waals surface area contributed by atoms with E-state index in [1.807, 2.05) is 6.07 Å². The van der Waals surface area contributed by atoms with Gasteiger partial charge in [0.25, 0.3) is 5.91 Å². The fraction of sp³-hybridized carbons (Fsp3) is 0.400. The van der Waals surface area contributed by atoms with E-state index < -0.39 is 17.9 Å². The molecule has 0 spiro atoms. The summed E-state index contributed by atoms with van der Waals surface area (Å²) in [5.41, 5.74) is 0. The number of carboxylic acids is 1. The molecule has 2 N–H and O–H groups in total. The molecule has 1 rings (SSSR count). The summed E-state index contributed by atoms with van der Waals surface area (Å²) in [6.45, 7) is 2.74. The van der Waals surface area contributed by atoms with Crippen LogP contribution in [0.5, 0.6) is 5.75 Å². The SMILES string of the molecule is CC(=O)NCCN(C(=O)COc1cccc(Br)c1)C(C)C(=O)O. The lowest BCUT2D eigenvalue weighted by Crippen LogP contribution is -2.48. The van der Waals surface area contributed by atoms with Gasteiger partial charge in [-0.25, -0.2) is 4.79 Å². The lowest BCUT2D eigenvalue weighted by atomic mass is 10.2. The van der Waals surface area contributed by atoms with E-state index in [0.717, 1.165) is 9.37 Å². The maximum Gasteiger partial charge on any atom is 0.326 e. The first-order chi connectivity index (χ1) is 10.8. The summed E-state index contributed by atoms with van der Waals surface area (Å²) in [7, 11) is 0. The minimum absolute atomic E-state index is 0.0910. The van der Waals surface area contributed by atoms with Gasteiger partial charge in [-0.15, -0.1) is 0 Å². The van der Waals surface area contributed by atoms with E-state index in [1.54, 1.807) is 18.2 Å². The molecule has 126 valence electrons. The molecule has 0 fully saturated rings. The second-order valence-electron chi connectivity index (χ2n) is 4.83. The molecule has 0 saturated carbocycles. The zero-order valence-corrected chi connectivity index (χ0v) is 14.5. The van der Waals surface area contributed by atoms with E-state index in [-0.39, 0.29) is 25.6 Å². The number of hydrogen-bond acceptors (Lipinski definition) is 4. The summed E-state index contributed by atoms with van der Waals surface area (Å²) < 4.78 is 6.19. The quantitative estimate of drug-likeness (QED) is 0.701. The van der Waals surface area contributed by atoms with Crippen LogP contribution in [0.15, 0.2) is 28.7 Å². The molecule has 0 aliphatic heterocycles. The normalized spacial score (nSPS) is 11.4. The van der Waals surface area contributed by atoms with Crippen molar-refractivity contribution in [1.29, 1.82) is 0 Å². The fourth-order valence-electron chi connectivity index (χ4n) is 1.80. The minimum atomic E-state index is -1.12. The largest absolute Gasteiger partial charge is 0.484 e. The molecule has 0 aliphatic carbocycles. The molecule has 0 bridgehead atoms. The van der Waals surface area contributed by atoms with Crippen LogP contribution < -0.4 is 10.1 Å². The summed E-state index contributed by atoms with van der Waals surface area (Å²) in [5.74, 6) is -1.34. The summed E-state index contributed by atoms with van der Waals surface area (Å²) in [4.78, 5) is 35.4. The Morgan fingerprint density at radius 1 is 1.39 bits per heavy atom. The predicted molar refractivity (Wildman–Crippen MR) is 87.1 cm³/mol. The standard InChI is InChI=1S/C15H19BrN2O5/c1-10(15(21)22)18(7-6-17-11(2)19)14(20)9-23-13-5-3-4-12(16)8-13/h3-5,8,10H,6-7,9H2,1-2H3,(H,17,19)(H,21,22). The number of aliphatic carboxylic acids is 1. The number of hydrogen-bond donors (Lipinski definition) is 2. The van der Waals surface area contributed by atoms with Crippen molar-refractivity contribution in [2.75, 3.05) is 19.7 Å². The molecule has 0 radical (unpaired) electrons. The zero-order valence-electron chi connectivity index (χ0n) is 12.9. The van der Waals surface area contributed by atoms with Gasteiger partial charge in [-0.1, -0.05) is 22.0 Å². The van der Waals surface area contributed by atoms with Gasteiger partial charge in [0.05, 0.1) is 0 Å². The van der Waals surface area contributed by atoms with Crippen molar-refractivity contribution in [3.05, 3.63) is 28.7 Å². The van der Waals surface area contributed by atoms with E-state index in [0.29, 0.717) is 5.75 Å². The number of benzene rings is 1. The van der Waals surface area contributed by atoms with Crippen LogP contribution in [0.4, 0.5) is 0 Å². The van der Waals surface area contributed by atoms with Gasteiger partial charge in [0, 0.05) is 24.5 Å². The van der Waals surface area contributed by atoms with Gasteiger partial charge in [-0.3, -0.25) is 9.59 Å². The van der Waals surface area contributed by atoms with E-state index in [9.17, 15) is 14.4 Å². The van der Waals surface area contributed by atoms with E-state index in [4.69, 9.17) is 9.84 Å². The van der Waals surface area contributed by atoms with Crippen LogP contribution in [-0.4, -0.2) is 53.5 Å². The highest BCUT2D eigenvalue weighted by atomic mass is 79.9. The van der Waals surface area contributed by atoms with Crippen LogP contribution in [-0.2, 0) is 14.4 Å². The van der Waals surface area contributed by atoms with Gasteiger partial charge in [-0.2, -0.15) is 0 Å². The first-order valence-electron chi connectivity index (χ1n) is 6.96. The Balaban J connectivity index is 2.66. The summed E-state index contributed by atoms with van der Waals surface area (Å²) in [6, 6.07) is 5.97. The van der Waals surface area contributed by atoms with Crippen LogP contribution >= 0.6 is 15.9 Å². The zero-order chi connectivity index (χ0) is 17.4. The Kier molecular flexibility index (Phi) is 7.53. The number of ether oxygens (including phenoxy) is 1. The van der Waals surface area contributed by atoms with Gasteiger partial charge < -0.3 is 20.1 Å². The highest BCUT2D eigenvalue weighted by molar-refractivity contribution is 9.10. The van der Waals surface area contributed by atoms with E-state index >= 15 is 0 Å². The Morgan fingerprint density at radius 2 is 2.09 bits per heavy atom. The van der Waals surface area contributed by atoms with Crippen LogP contribution in [0.3, 0.4) is 0 Å². The molecular weight excluding hydrogens is 368 g/mol. The molecule has 2 amide bonds. The summed E-state index contributed by atoms with van der Waals surface area (Å²) in [5, 5.41) is 11.6. The third kappa shape index (κ3) is 6.68. The van der Waals surface area contributed by atoms with E-state index in [1.165, 1.54) is 13.8 Å². The van der Waals surface area contributed by atoms with Crippen LogP contribution in [0.2, 0.25) is 0 Å². The molecule has 1 unspecified atom stereocenters. The second-order valence-corrected chi connectivity index (χ2v) is 5.75. The fourth-order valence-corrected chi connectivity index (χ4v) is 2.18. The Bertz CT molecular complexity index is 579. The smallest absolute Gasteiger partial charge is 0.326 e. The topological polar surface area (TPSA) is 95.9 Å². The molecule has 8 heteroatoms. The maximum atomic E-state index is 12.2. The van der Waals surface area contributed by atoms with Crippen molar-refractivity contribution >= 4 is 33.7 Å². The number of nitrogens with zero attached hydrogens (tertiary/aromatic N) is 1. The monoisotopic (exact) mass is 386 g/mol. The highest BCUT2D eigenvalue weighted by Crippen LogP contribution is 2.17. The molecule has 1 aromatic carbocycles. The lowest BCUT2D eigenvalue weighted by molar-refractivity contribution is -0.150. The Morgan fingerprint density at radius 3 is 2.65 bits per heavy atom. The number of carbonyl (C=O) groups excluding carboxylic acids is 2. The summed E-state index contributed by atoms with van der Waals surface area (Å²) >= 11 is 3.29. The van der Waals surface area contributed by atoms with E-state index in [2.05, 4.69) is 21.2 Å². The second kappa shape index (κ2) is 9.14. The molecule has 0 aliphatic rings. The number of halogens is 1. The van der Waals surface area contributed by atoms with Crippen molar-refractivity contribution in [2.45, 2.75) is 19.9 Å². The molecule has 7 nitrogen and oxygen atoms in total.